The average Bonchev–Trinajstić information content (AvgIpc) is 3.14. The van der Waals surface area contributed by atoms with Crippen molar-refractivity contribution in [2.24, 2.45) is 0 Å². The Bertz CT molecular complexity index is 1260. The van der Waals surface area contributed by atoms with Gasteiger partial charge in [0.2, 0.25) is 0 Å². The number of benzene rings is 2. The van der Waals surface area contributed by atoms with E-state index in [1.807, 2.05) is 0 Å². The van der Waals surface area contributed by atoms with Crippen molar-refractivity contribution in [2.45, 2.75) is 95.9 Å². The van der Waals surface area contributed by atoms with E-state index in [0.717, 1.165) is 0 Å². The van der Waals surface area contributed by atoms with Gasteiger partial charge in [-0.1, -0.05) is 36.4 Å². The van der Waals surface area contributed by atoms with Crippen molar-refractivity contribution < 1.29 is 33.3 Å². The van der Waals surface area contributed by atoms with Crippen LogP contribution in [0.15, 0.2) is 48.5 Å². The fourth-order valence-electron chi connectivity index (χ4n) is 5.61. The minimum absolute atomic E-state index is 0.00219. The first-order chi connectivity index (χ1) is 18.7. The van der Waals surface area contributed by atoms with Crippen LogP contribution in [-0.4, -0.2) is 42.8 Å². The number of carbonyl (C=O) groups excluding carboxylic acids is 3. The van der Waals surface area contributed by atoms with E-state index >= 15 is 0 Å². The lowest BCUT2D eigenvalue weighted by atomic mass is 9.61. The molecule has 8 heteroatoms. The third-order valence-corrected chi connectivity index (χ3v) is 6.93. The number of nitrogens with zero attached hydrogens (tertiary/aromatic N) is 1. The molecule has 0 N–H and O–H groups in total. The zero-order valence-corrected chi connectivity index (χ0v) is 24.6. The molecule has 0 unspecified atom stereocenters. The first-order valence-electron chi connectivity index (χ1n) is 13.5. The number of fused-ring (bicyclic) bond motifs is 1. The van der Waals surface area contributed by atoms with Gasteiger partial charge in [0.05, 0.1) is 25.4 Å². The maximum atomic E-state index is 14.5. The van der Waals surface area contributed by atoms with Gasteiger partial charge in [-0.25, -0.2) is 0 Å². The van der Waals surface area contributed by atoms with Crippen molar-refractivity contribution in [3.63, 3.8) is 0 Å². The average molecular weight is 550 g/mol. The van der Waals surface area contributed by atoms with E-state index in [1.54, 1.807) is 97.0 Å². The van der Waals surface area contributed by atoms with Crippen LogP contribution in [0.25, 0.3) is 0 Å². The number of rotatable bonds is 9. The molecule has 1 aliphatic carbocycles. The Hall–Kier alpha value is -3.86. The fourth-order valence-corrected chi connectivity index (χ4v) is 5.61. The summed E-state index contributed by atoms with van der Waals surface area (Å²) in [4.78, 5) is 43.2. The number of ether oxygens (including phenoxy) is 4. The van der Waals surface area contributed by atoms with Crippen molar-refractivity contribution in [3.05, 3.63) is 65.2 Å². The number of hydrogen-bond donors (Lipinski definition) is 0. The van der Waals surface area contributed by atoms with E-state index in [1.165, 1.54) is 7.11 Å². The van der Waals surface area contributed by atoms with Crippen LogP contribution < -0.4 is 4.74 Å². The molecule has 2 aromatic carbocycles. The lowest BCUT2D eigenvalue weighted by Crippen LogP contribution is -2.55. The number of nitriles is 1. The highest BCUT2D eigenvalue weighted by molar-refractivity contribution is 6.12. The fraction of sp³-hybridized carbons (Fsp3) is 0.500. The van der Waals surface area contributed by atoms with E-state index in [0.29, 0.717) is 22.4 Å². The molecule has 0 fully saturated rings. The second-order valence-corrected chi connectivity index (χ2v) is 11.6. The molecule has 8 nitrogen and oxygen atoms in total. The van der Waals surface area contributed by atoms with E-state index in [9.17, 15) is 19.6 Å². The second kappa shape index (κ2) is 11.7. The molecule has 0 aromatic heterocycles. The zero-order valence-electron chi connectivity index (χ0n) is 24.6. The highest BCUT2D eigenvalue weighted by Gasteiger charge is 2.72. The maximum absolute atomic E-state index is 14.5. The molecule has 0 heterocycles. The topological polar surface area (TPSA) is 112 Å². The van der Waals surface area contributed by atoms with Crippen LogP contribution in [0.2, 0.25) is 0 Å². The largest absolute Gasteiger partial charge is 0.497 e. The highest BCUT2D eigenvalue weighted by atomic mass is 16.6. The summed E-state index contributed by atoms with van der Waals surface area (Å²) in [5, 5.41) is 9.71. The maximum Gasteiger partial charge on any atom is 0.329 e. The van der Waals surface area contributed by atoms with Gasteiger partial charge in [0.25, 0.3) is 0 Å². The molecule has 0 radical (unpaired) electrons. The van der Waals surface area contributed by atoms with E-state index in [2.05, 4.69) is 6.07 Å². The van der Waals surface area contributed by atoms with Crippen LogP contribution in [0.5, 0.6) is 5.75 Å². The Labute approximate surface area is 236 Å². The molecule has 3 rings (SSSR count). The summed E-state index contributed by atoms with van der Waals surface area (Å²) < 4.78 is 23.0. The monoisotopic (exact) mass is 549 g/mol. The van der Waals surface area contributed by atoms with Crippen LogP contribution in [0, 0.1) is 11.3 Å². The van der Waals surface area contributed by atoms with Crippen LogP contribution >= 0.6 is 0 Å². The van der Waals surface area contributed by atoms with Gasteiger partial charge in [-0.15, -0.1) is 0 Å². The predicted octanol–water partition coefficient (Wildman–Crippen LogP) is 5.52. The van der Waals surface area contributed by atoms with Gasteiger partial charge in [0.15, 0.2) is 5.41 Å². The Balaban J connectivity index is 2.55. The van der Waals surface area contributed by atoms with Crippen molar-refractivity contribution in [1.29, 1.82) is 5.26 Å². The van der Waals surface area contributed by atoms with Crippen LogP contribution in [0.3, 0.4) is 0 Å². The number of esters is 3. The Morgan fingerprint density at radius 3 is 1.85 bits per heavy atom. The molecule has 2 atom stereocenters. The molecule has 0 saturated carbocycles. The Morgan fingerprint density at radius 2 is 1.40 bits per heavy atom. The lowest BCUT2D eigenvalue weighted by Gasteiger charge is -2.41. The van der Waals surface area contributed by atoms with Gasteiger partial charge < -0.3 is 18.9 Å². The highest BCUT2D eigenvalue weighted by Crippen LogP contribution is 2.62. The molecule has 214 valence electrons. The number of methoxy groups -OCH3 is 1. The third-order valence-electron chi connectivity index (χ3n) is 6.93. The summed E-state index contributed by atoms with van der Waals surface area (Å²) in [6.07, 6.45) is -1.15. The zero-order chi connectivity index (χ0) is 29.9. The Morgan fingerprint density at radius 1 is 0.875 bits per heavy atom. The van der Waals surface area contributed by atoms with Gasteiger partial charge in [0.1, 0.15) is 16.8 Å². The molecule has 0 spiro atoms. The van der Waals surface area contributed by atoms with Crippen molar-refractivity contribution in [1.82, 2.24) is 0 Å². The summed E-state index contributed by atoms with van der Waals surface area (Å²) in [5.74, 6) is -2.89. The van der Waals surface area contributed by atoms with Crippen molar-refractivity contribution in [3.8, 4) is 11.8 Å². The van der Waals surface area contributed by atoms with E-state index in [-0.39, 0.29) is 12.8 Å². The predicted molar refractivity (Wildman–Crippen MR) is 149 cm³/mol. The normalized spacial score (nSPS) is 19.5. The summed E-state index contributed by atoms with van der Waals surface area (Å²) >= 11 is 0. The number of carbonyl (C=O) groups is 3. The van der Waals surface area contributed by atoms with Gasteiger partial charge in [-0.2, -0.15) is 5.26 Å². The molecule has 0 saturated heterocycles. The van der Waals surface area contributed by atoms with Gasteiger partial charge >= 0.3 is 17.9 Å². The molecule has 0 aliphatic heterocycles. The molecule has 2 aromatic rings. The minimum atomic E-state index is -2.06. The molecule has 1 aliphatic rings. The van der Waals surface area contributed by atoms with Crippen LogP contribution in [0.4, 0.5) is 0 Å². The summed E-state index contributed by atoms with van der Waals surface area (Å²) in [6, 6.07) is 15.8. The van der Waals surface area contributed by atoms with Crippen LogP contribution in [0.1, 0.15) is 83.9 Å². The quantitative estimate of drug-likeness (QED) is 0.228. The Kier molecular flexibility index (Phi) is 8.98. The van der Waals surface area contributed by atoms with Gasteiger partial charge in [-0.3, -0.25) is 14.4 Å². The second-order valence-electron chi connectivity index (χ2n) is 11.6. The smallest absolute Gasteiger partial charge is 0.329 e. The van der Waals surface area contributed by atoms with Crippen molar-refractivity contribution in [2.75, 3.05) is 7.11 Å². The summed E-state index contributed by atoms with van der Waals surface area (Å²) in [5.41, 5.74) is -3.32. The standard InChI is InChI=1S/C32H39NO7/c1-20(2)38-28(35)32(29(36)39-21(3)4)25-13-10-9-12-24(25)31(18-11-19-33,27(34)40-30(5,6)7)26(32)22-14-16-23(37-8)17-15-22/h9-10,12-17,20-21,26H,11,18H2,1-8H3/t26-,31-/m1/s1. The molecule has 0 bridgehead atoms. The first kappa shape index (κ1) is 30.7. The summed E-state index contributed by atoms with van der Waals surface area (Å²) in [7, 11) is 1.53. The molecular weight excluding hydrogens is 510 g/mol. The lowest BCUT2D eigenvalue weighted by molar-refractivity contribution is -0.174. The van der Waals surface area contributed by atoms with E-state index in [4.69, 9.17) is 18.9 Å². The van der Waals surface area contributed by atoms with Crippen LogP contribution in [-0.2, 0) is 39.4 Å². The molecular formula is C32H39NO7. The SMILES string of the molecule is COc1ccc([C@H]2C(C(=O)OC(C)C)(C(=O)OC(C)C)c3ccccc3[C@@]2(CCC#N)C(=O)OC(C)(C)C)cc1. The van der Waals surface area contributed by atoms with Crippen molar-refractivity contribution >= 4 is 17.9 Å². The number of hydrogen-bond acceptors (Lipinski definition) is 8. The first-order valence-corrected chi connectivity index (χ1v) is 13.5. The summed E-state index contributed by atoms with van der Waals surface area (Å²) in [6.45, 7) is 12.0. The third kappa shape index (κ3) is 5.42. The molecule has 0 amide bonds. The van der Waals surface area contributed by atoms with Gasteiger partial charge in [0, 0.05) is 12.3 Å². The van der Waals surface area contributed by atoms with Gasteiger partial charge in [-0.05, 0) is 83.7 Å². The molecule has 40 heavy (non-hydrogen) atoms. The minimum Gasteiger partial charge on any atom is -0.497 e. The van der Waals surface area contributed by atoms with E-state index < -0.39 is 52.5 Å².